The largest absolute Gasteiger partial charge is 0.497 e. The zero-order valence-corrected chi connectivity index (χ0v) is 72.3. The summed E-state index contributed by atoms with van der Waals surface area (Å²) >= 11 is 18.2. The third kappa shape index (κ3) is 13.9. The van der Waals surface area contributed by atoms with E-state index in [1.165, 1.54) is 46.5 Å². The van der Waals surface area contributed by atoms with Gasteiger partial charge < -0.3 is 54.8 Å². The lowest BCUT2D eigenvalue weighted by molar-refractivity contribution is -0.138. The molecule has 5 atom stereocenters. The zero-order valence-electron chi connectivity index (χ0n) is 67.5. The van der Waals surface area contributed by atoms with Gasteiger partial charge in [-0.1, -0.05) is 90.3 Å². The molecule has 0 unspecified atom stereocenters. The number of nitrogens with zero attached hydrogens (tertiary/aromatic N) is 10. The van der Waals surface area contributed by atoms with Gasteiger partial charge in [-0.3, -0.25) is 24.0 Å². The summed E-state index contributed by atoms with van der Waals surface area (Å²) in [6.45, 7) is 17.6. The number of hydrogen-bond donors (Lipinski definition) is 5. The van der Waals surface area contributed by atoms with Crippen molar-refractivity contribution in [3.8, 4) is 5.75 Å². The molecule has 0 radical (unpaired) electrons. The van der Waals surface area contributed by atoms with Crippen LogP contribution in [0.15, 0.2) is 189 Å². The number of aliphatic imine (C=N–C) groups is 5. The Labute approximate surface area is 726 Å². The molecule has 5 fully saturated rings. The van der Waals surface area contributed by atoms with E-state index in [1.54, 1.807) is 53.7 Å². The second-order valence-corrected chi connectivity index (χ2v) is 37.0. The third-order valence-electron chi connectivity index (χ3n) is 24.2. The van der Waals surface area contributed by atoms with E-state index in [4.69, 9.17) is 32.9 Å². The quantitative estimate of drug-likeness (QED) is 0.0992. The van der Waals surface area contributed by atoms with Crippen molar-refractivity contribution in [2.45, 2.75) is 128 Å². The Balaban J connectivity index is 0.000000109. The Kier molecular flexibility index (Phi) is 21.4. The van der Waals surface area contributed by atoms with E-state index in [-0.39, 0.29) is 52.2 Å². The maximum atomic E-state index is 13.3. The summed E-state index contributed by atoms with van der Waals surface area (Å²) in [5, 5.41) is 60.0. The summed E-state index contributed by atoms with van der Waals surface area (Å²) in [6.07, 6.45) is -2.15. The minimum absolute atomic E-state index is 0.000499. The van der Waals surface area contributed by atoms with Gasteiger partial charge in [0.25, 0.3) is 0 Å². The topological polar surface area (TPSA) is 274 Å². The average Bonchev–Trinajstić information content (AvgIpc) is 1.58. The Bertz CT molecular complexity index is 6380. The molecule has 5 saturated heterocycles. The van der Waals surface area contributed by atoms with Crippen molar-refractivity contribution in [1.29, 1.82) is 0 Å². The molecule has 14 heterocycles. The van der Waals surface area contributed by atoms with E-state index in [0.29, 0.717) is 135 Å². The summed E-state index contributed by atoms with van der Waals surface area (Å²) in [7, 11) is 1.62. The number of carbonyl (C=O) groups is 5. The maximum absolute atomic E-state index is 13.3. The highest BCUT2D eigenvalue weighted by molar-refractivity contribution is 7.23. The number of anilines is 5. The number of ether oxygens (including phenoxy) is 1. The van der Waals surface area contributed by atoms with Crippen LogP contribution >= 0.6 is 68.5 Å². The lowest BCUT2D eigenvalue weighted by Gasteiger charge is -2.30. The molecule has 0 amide bonds. The number of amidine groups is 5. The van der Waals surface area contributed by atoms with Gasteiger partial charge in [0.1, 0.15) is 31.6 Å². The number of carbonyl (C=O) groups excluding carboxylic acids is 5. The first kappa shape index (κ1) is 83.5. The highest BCUT2D eigenvalue weighted by atomic mass is 35.5. The van der Waals surface area contributed by atoms with Crippen LogP contribution in [0.2, 0.25) is 10.0 Å². The van der Waals surface area contributed by atoms with Crippen LogP contribution in [-0.2, 0) is 12.6 Å². The Morgan fingerprint density at radius 3 is 1.32 bits per heavy atom. The number of methoxy groups -OCH3 is 1. The number of alkyl halides is 3. The molecule has 0 aliphatic carbocycles. The summed E-state index contributed by atoms with van der Waals surface area (Å²) in [4.78, 5) is 100. The highest BCUT2D eigenvalue weighted by Gasteiger charge is 2.59. The van der Waals surface area contributed by atoms with E-state index in [1.807, 2.05) is 182 Å². The number of hydrogen-bond acceptors (Lipinski definition) is 25. The van der Waals surface area contributed by atoms with E-state index in [2.05, 4.69) is 26.9 Å². The Morgan fingerprint density at radius 1 is 0.426 bits per heavy atom. The molecule has 11 aromatic rings. The van der Waals surface area contributed by atoms with E-state index < -0.39 is 45.5 Å². The fourth-order valence-corrected chi connectivity index (χ4v) is 21.5. The van der Waals surface area contributed by atoms with Crippen LogP contribution in [-0.4, -0.2) is 151 Å². The summed E-state index contributed by atoms with van der Waals surface area (Å²) in [5.74, 6) is 1.08. The molecule has 122 heavy (non-hydrogen) atoms. The number of benzene rings is 7. The number of Topliss-reactive ketones (excluding diaryl/α,β-unsaturated/α-hetero) is 5. The van der Waals surface area contributed by atoms with Gasteiger partial charge in [0.05, 0.1) is 40.6 Å². The average molecular weight is 1760 g/mol. The molecule has 10 aliphatic heterocycles. The zero-order chi connectivity index (χ0) is 86.3. The third-order valence-corrected chi connectivity index (χ3v) is 29.3. The van der Waals surface area contributed by atoms with Crippen LogP contribution in [0.4, 0.5) is 67.3 Å². The molecule has 624 valence electrons. The molecule has 10 aliphatic rings. The fourth-order valence-electron chi connectivity index (χ4n) is 17.1. The number of rotatable bonds is 7. The number of para-hydroxylation sites is 1. The number of aryl methyl sites for hydroxylation is 6. The second-order valence-electron chi connectivity index (χ2n) is 31.6. The van der Waals surface area contributed by atoms with Crippen molar-refractivity contribution in [2.24, 2.45) is 25.0 Å². The molecule has 0 bridgehead atoms. The van der Waals surface area contributed by atoms with Crippen molar-refractivity contribution in [2.75, 3.05) is 64.3 Å². The van der Waals surface area contributed by atoms with Gasteiger partial charge in [-0.15, -0.1) is 45.3 Å². The van der Waals surface area contributed by atoms with Gasteiger partial charge in [0.2, 0.25) is 28.9 Å². The fraction of sp³-hybridized carbons (Fsp3) is 0.283. The Morgan fingerprint density at radius 2 is 0.836 bits per heavy atom. The number of fused-ring (bicyclic) bond motifs is 12. The predicted octanol–water partition coefficient (Wildman–Crippen LogP) is 19.2. The molecule has 7 aromatic carbocycles. The van der Waals surface area contributed by atoms with Crippen LogP contribution < -0.4 is 29.2 Å². The lowest BCUT2D eigenvalue weighted by Crippen LogP contribution is -2.48. The van der Waals surface area contributed by atoms with Crippen LogP contribution in [0.5, 0.6) is 5.75 Å². The van der Waals surface area contributed by atoms with Crippen molar-refractivity contribution >= 4 is 191 Å². The Hall–Kier alpha value is -10.7. The normalized spacial score (nSPS) is 22.3. The number of halogens is 5. The van der Waals surface area contributed by atoms with Gasteiger partial charge in [0, 0.05) is 134 Å². The van der Waals surface area contributed by atoms with Crippen molar-refractivity contribution < 1.29 is 67.4 Å². The molecule has 5 N–H and O–H groups in total. The van der Waals surface area contributed by atoms with Crippen LogP contribution in [0.25, 0.3) is 10.1 Å². The van der Waals surface area contributed by atoms with Crippen LogP contribution in [0.3, 0.4) is 0 Å². The van der Waals surface area contributed by atoms with Gasteiger partial charge in [-0.05, 0) is 186 Å². The summed E-state index contributed by atoms with van der Waals surface area (Å²) < 4.78 is 46.0. The first-order valence-electron chi connectivity index (χ1n) is 39.6. The predicted molar refractivity (Wildman–Crippen MR) is 479 cm³/mol. The summed E-state index contributed by atoms with van der Waals surface area (Å²) in [5.41, 5.74) is 1.57. The second kappa shape index (κ2) is 31.2. The van der Waals surface area contributed by atoms with Gasteiger partial charge in [0.15, 0.2) is 51.3 Å². The van der Waals surface area contributed by atoms with Gasteiger partial charge in [-0.2, -0.15) is 13.2 Å². The van der Waals surface area contributed by atoms with Crippen LogP contribution in [0.1, 0.15) is 139 Å². The maximum Gasteiger partial charge on any atom is 0.416 e. The van der Waals surface area contributed by atoms with Crippen molar-refractivity contribution in [3.63, 3.8) is 0 Å². The van der Waals surface area contributed by atoms with Gasteiger partial charge in [-0.25, -0.2) is 25.0 Å². The molecule has 30 heteroatoms. The highest BCUT2D eigenvalue weighted by Crippen LogP contribution is 2.52. The molecule has 0 spiro atoms. The lowest BCUT2D eigenvalue weighted by atomic mass is 9.86. The summed E-state index contributed by atoms with van der Waals surface area (Å²) in [6, 6.07) is 49.7. The SMILES string of the molecule is CCc1cc2c(s1)N=C1N(c3ccc(C)cc3)CC[C@@]1(O)C2=O.COc1ccc(N2CC[C@@]3(O)C(=O)c4c(sc(C)c4C)N=C23)cc1.Cc1ccc(N2CC[C@@]3(O)C(=O)c4cc(C)c(C(F)(F)F)cc4N=C23)cc1Cl.Cc1sc2c(c1C)C(=O)[C@]1(O)CCN(c3ccc(Cl)cc3)C1=N2.O=C1c2c(sc3ccccc23)N=C2N(c3ccccc3)CC[C@@]12O. The molecular weight excluding hydrogens is 1680 g/mol. The van der Waals surface area contributed by atoms with E-state index in [9.17, 15) is 62.7 Å². The molecule has 21 rings (SSSR count). The minimum atomic E-state index is -4.56. The molecule has 21 nitrogen and oxygen atoms in total. The molecule has 0 saturated carbocycles. The van der Waals surface area contributed by atoms with Crippen molar-refractivity contribution in [1.82, 2.24) is 0 Å². The van der Waals surface area contributed by atoms with Crippen LogP contribution in [0, 0.1) is 48.5 Å². The molecular formula is C92H81Cl2F3N10O11S4. The van der Waals surface area contributed by atoms with Gasteiger partial charge >= 0.3 is 6.18 Å². The number of thiophene rings is 4. The number of ketones is 5. The smallest absolute Gasteiger partial charge is 0.416 e. The van der Waals surface area contributed by atoms with E-state index in [0.717, 1.165) is 93.5 Å². The standard InChI is InChI=1S/C20H16ClF3N2O2.C19H14N2O2S.C18H18N2O3S.C18H18N2O2S.C17H15ClN2O2S/c1-10-3-4-12(8-15(10)21)26-6-5-19(28)17(27)13-7-11(2)14(20(22,23)24)9-16(13)25-18(19)26;22-16-15-13-8-4-5-9-14(13)24-17(15)20-18-19(16,23)10-11-21(18)12-6-2-1-3-7-12;1-10-11(2)24-16-14(10)15(21)18(22)8-9-20(17(18)19-16)12-4-6-13(23-3)7-5-12;1-3-13-10-14-15(21)18(22)8-9-20(17(18)19-16(14)23-13)12-6-4-11(2)5-7-12;1-9-10(2)23-15-13(9)14(21)17(22)7-8-20(16(17)19-15)12-5-3-11(18)4-6-12/h3-4,7-9,28H,5-6H2,1-2H3;1-9,23H,10-11H2;4-7,22H,8-9H2,1-3H3;4-7,10,22H,3,8-9H2,1-2H3;3-6,22H,7-8H2,1-2H3/t2*19-;2*18-;17-/m11111/s1. The first-order valence-corrected chi connectivity index (χ1v) is 43.7. The van der Waals surface area contributed by atoms with E-state index >= 15 is 0 Å². The molecule has 4 aromatic heterocycles. The monoisotopic (exact) mass is 1760 g/mol. The minimum Gasteiger partial charge on any atom is -0.497 e. The van der Waals surface area contributed by atoms with Crippen molar-refractivity contribution in [3.05, 3.63) is 250 Å². The number of aliphatic hydroxyl groups is 5. The first-order chi connectivity index (χ1) is 58.1.